The first-order valence-electron chi connectivity index (χ1n) is 7.95. The van der Waals surface area contributed by atoms with E-state index in [0.29, 0.717) is 0 Å². The number of benzene rings is 2. The van der Waals surface area contributed by atoms with Gasteiger partial charge in [-0.2, -0.15) is 0 Å². The lowest BCUT2D eigenvalue weighted by Crippen LogP contribution is -2.46. The number of hydrogen-bond donors (Lipinski definition) is 1. The maximum absolute atomic E-state index is 3.77. The van der Waals surface area contributed by atoms with Gasteiger partial charge in [0.25, 0.3) is 0 Å². The van der Waals surface area contributed by atoms with Gasteiger partial charge in [0, 0.05) is 13.1 Å². The summed E-state index contributed by atoms with van der Waals surface area (Å²) >= 11 is 0. The lowest BCUT2D eigenvalue weighted by Gasteiger charge is -2.32. The lowest BCUT2D eigenvalue weighted by molar-refractivity contribution is 0.131. The molecule has 0 radical (unpaired) electrons. The van der Waals surface area contributed by atoms with E-state index in [2.05, 4.69) is 70.9 Å². The molecule has 2 unspecified atom stereocenters. The highest BCUT2D eigenvalue weighted by atomic mass is 15.4. The van der Waals surface area contributed by atoms with Crippen LogP contribution in [-0.4, -0.2) is 17.1 Å². The molecule has 2 aromatic carbocycles. The topological polar surface area (TPSA) is 15.3 Å². The Balaban J connectivity index is 1.57. The van der Waals surface area contributed by atoms with Gasteiger partial charge in [0.15, 0.2) is 0 Å². The number of hydrogen-bond acceptors (Lipinski definition) is 2. The van der Waals surface area contributed by atoms with Gasteiger partial charge in [-0.3, -0.25) is 10.2 Å². The average molecular weight is 278 g/mol. The maximum atomic E-state index is 3.77. The predicted molar refractivity (Wildman–Crippen MR) is 85.6 cm³/mol. The van der Waals surface area contributed by atoms with Gasteiger partial charge in [-0.25, -0.2) is 0 Å². The van der Waals surface area contributed by atoms with E-state index >= 15 is 0 Å². The number of nitrogens with one attached hydrogen (secondary N) is 1. The second-order valence-corrected chi connectivity index (χ2v) is 6.37. The standard InChI is InChI=1S/C19H22N2/c1-3-7-16(8-4-1)14-21(15-17-9-5-2-6-10-17)19-13-18(19)11-12-20-19/h1-10,18,20H,11-15H2. The monoisotopic (exact) mass is 278 g/mol. The molecule has 0 spiro atoms. The molecular weight excluding hydrogens is 256 g/mol. The second kappa shape index (κ2) is 5.28. The van der Waals surface area contributed by atoms with Crippen LogP contribution >= 0.6 is 0 Å². The summed E-state index contributed by atoms with van der Waals surface area (Å²) in [7, 11) is 0. The minimum Gasteiger partial charge on any atom is -0.299 e. The molecule has 1 heterocycles. The van der Waals surface area contributed by atoms with Gasteiger partial charge in [0.2, 0.25) is 0 Å². The molecule has 2 nitrogen and oxygen atoms in total. The molecule has 1 N–H and O–H groups in total. The van der Waals surface area contributed by atoms with Crippen LogP contribution in [0.4, 0.5) is 0 Å². The fourth-order valence-electron chi connectivity index (χ4n) is 3.78. The van der Waals surface area contributed by atoms with Gasteiger partial charge in [-0.1, -0.05) is 60.7 Å². The zero-order chi connectivity index (χ0) is 14.1. The van der Waals surface area contributed by atoms with E-state index in [-0.39, 0.29) is 5.66 Å². The molecule has 2 aromatic rings. The highest BCUT2D eigenvalue weighted by molar-refractivity contribution is 5.21. The molecule has 1 saturated heterocycles. The van der Waals surface area contributed by atoms with E-state index in [1.54, 1.807) is 0 Å². The normalized spacial score (nSPS) is 26.8. The maximum Gasteiger partial charge on any atom is 0.0752 e. The van der Waals surface area contributed by atoms with Gasteiger partial charge in [-0.15, -0.1) is 0 Å². The molecule has 2 aliphatic rings. The minimum absolute atomic E-state index is 0.270. The van der Waals surface area contributed by atoms with Gasteiger partial charge >= 0.3 is 0 Å². The van der Waals surface area contributed by atoms with E-state index in [1.165, 1.54) is 30.5 Å². The Morgan fingerprint density at radius 1 is 0.905 bits per heavy atom. The molecule has 1 aliphatic carbocycles. The van der Waals surface area contributed by atoms with Crippen molar-refractivity contribution in [3.63, 3.8) is 0 Å². The number of fused-ring (bicyclic) bond motifs is 1. The van der Waals surface area contributed by atoms with Crippen molar-refractivity contribution in [1.82, 2.24) is 10.2 Å². The molecule has 0 amide bonds. The van der Waals surface area contributed by atoms with Crippen molar-refractivity contribution in [2.45, 2.75) is 31.6 Å². The summed E-state index contributed by atoms with van der Waals surface area (Å²) in [5.41, 5.74) is 3.08. The Hall–Kier alpha value is -1.64. The molecule has 2 atom stereocenters. The number of rotatable bonds is 5. The predicted octanol–water partition coefficient (Wildman–Crippen LogP) is 3.40. The summed E-state index contributed by atoms with van der Waals surface area (Å²) in [5.74, 6) is 0.852. The van der Waals surface area contributed by atoms with Crippen LogP contribution in [0.25, 0.3) is 0 Å². The number of piperidine rings is 1. The summed E-state index contributed by atoms with van der Waals surface area (Å²) in [6, 6.07) is 21.7. The quantitative estimate of drug-likeness (QED) is 0.902. The van der Waals surface area contributed by atoms with Crippen LogP contribution in [0.15, 0.2) is 60.7 Å². The van der Waals surface area contributed by atoms with Crippen molar-refractivity contribution >= 4 is 0 Å². The molecular formula is C19H22N2. The van der Waals surface area contributed by atoms with Crippen molar-refractivity contribution in [2.75, 3.05) is 6.54 Å². The summed E-state index contributed by atoms with van der Waals surface area (Å²) in [5, 5.41) is 3.77. The first kappa shape index (κ1) is 13.1. The zero-order valence-electron chi connectivity index (χ0n) is 12.3. The van der Waals surface area contributed by atoms with Gasteiger partial charge < -0.3 is 0 Å². The Kier molecular flexibility index (Phi) is 3.28. The van der Waals surface area contributed by atoms with Crippen LogP contribution in [0.2, 0.25) is 0 Å². The third-order valence-electron chi connectivity index (χ3n) is 4.99. The molecule has 1 saturated carbocycles. The molecule has 108 valence electrons. The van der Waals surface area contributed by atoms with Crippen LogP contribution in [0.3, 0.4) is 0 Å². The van der Waals surface area contributed by atoms with Gasteiger partial charge in [-0.05, 0) is 36.4 Å². The number of nitrogens with zero attached hydrogens (tertiary/aromatic N) is 1. The lowest BCUT2D eigenvalue weighted by atomic mass is 10.1. The van der Waals surface area contributed by atoms with Crippen LogP contribution in [0.1, 0.15) is 24.0 Å². The SMILES string of the molecule is c1ccc(CN(Cc2ccccc2)C23CC2CCN3)cc1. The van der Waals surface area contributed by atoms with Crippen molar-refractivity contribution in [1.29, 1.82) is 0 Å². The van der Waals surface area contributed by atoms with E-state index in [1.807, 2.05) is 0 Å². The summed E-state index contributed by atoms with van der Waals surface area (Å²) in [6.07, 6.45) is 2.65. The van der Waals surface area contributed by atoms with Gasteiger partial charge in [0.05, 0.1) is 5.66 Å². The molecule has 0 aromatic heterocycles. The highest BCUT2D eigenvalue weighted by Crippen LogP contribution is 2.52. The Morgan fingerprint density at radius 3 is 1.90 bits per heavy atom. The van der Waals surface area contributed by atoms with E-state index < -0.39 is 0 Å². The molecule has 0 bridgehead atoms. The van der Waals surface area contributed by atoms with Crippen LogP contribution in [0.5, 0.6) is 0 Å². The van der Waals surface area contributed by atoms with Crippen LogP contribution in [-0.2, 0) is 13.1 Å². The van der Waals surface area contributed by atoms with Crippen molar-refractivity contribution in [3.05, 3.63) is 71.8 Å². The van der Waals surface area contributed by atoms with E-state index in [4.69, 9.17) is 0 Å². The van der Waals surface area contributed by atoms with Crippen molar-refractivity contribution < 1.29 is 0 Å². The Bertz CT molecular complexity index is 554. The molecule has 21 heavy (non-hydrogen) atoms. The Morgan fingerprint density at radius 2 is 1.48 bits per heavy atom. The summed E-state index contributed by atoms with van der Waals surface area (Å²) < 4.78 is 0. The third kappa shape index (κ3) is 2.50. The fourth-order valence-corrected chi connectivity index (χ4v) is 3.78. The summed E-state index contributed by atoms with van der Waals surface area (Å²) in [6.45, 7) is 3.23. The average Bonchev–Trinajstić information content (AvgIpc) is 3.10. The van der Waals surface area contributed by atoms with Gasteiger partial charge in [0.1, 0.15) is 0 Å². The van der Waals surface area contributed by atoms with Crippen LogP contribution in [0, 0.1) is 5.92 Å². The molecule has 2 heteroatoms. The first-order valence-corrected chi connectivity index (χ1v) is 7.95. The van der Waals surface area contributed by atoms with E-state index in [0.717, 1.165) is 19.0 Å². The van der Waals surface area contributed by atoms with Crippen molar-refractivity contribution in [3.8, 4) is 0 Å². The molecule has 2 fully saturated rings. The zero-order valence-corrected chi connectivity index (χ0v) is 12.3. The largest absolute Gasteiger partial charge is 0.299 e. The fraction of sp³-hybridized carbons (Fsp3) is 0.368. The van der Waals surface area contributed by atoms with Crippen molar-refractivity contribution in [2.24, 2.45) is 5.92 Å². The highest BCUT2D eigenvalue weighted by Gasteiger charge is 2.60. The Labute approximate surface area is 126 Å². The third-order valence-corrected chi connectivity index (χ3v) is 4.99. The first-order chi connectivity index (χ1) is 10.4. The second-order valence-electron chi connectivity index (χ2n) is 6.37. The smallest absolute Gasteiger partial charge is 0.0752 e. The minimum atomic E-state index is 0.270. The molecule has 1 aliphatic heterocycles. The van der Waals surface area contributed by atoms with E-state index in [9.17, 15) is 0 Å². The molecule has 4 rings (SSSR count). The summed E-state index contributed by atoms with van der Waals surface area (Å²) in [4.78, 5) is 2.65. The van der Waals surface area contributed by atoms with Crippen LogP contribution < -0.4 is 5.32 Å².